The van der Waals surface area contributed by atoms with Crippen LogP contribution >= 0.6 is 11.6 Å². The largest absolute Gasteiger partial charge is 0.324 e. The molecule has 7 nitrogen and oxygen atoms in total. The number of sulfonamides is 1. The fraction of sp³-hybridized carbons (Fsp3) is 0.0833. The second-order valence-corrected chi connectivity index (χ2v) is 6.35. The Balaban J connectivity index is 2.07. The van der Waals surface area contributed by atoms with E-state index in [-0.39, 0.29) is 4.90 Å². The lowest BCUT2D eigenvalue weighted by molar-refractivity contribution is 0.598. The van der Waals surface area contributed by atoms with Crippen LogP contribution in [0.3, 0.4) is 0 Å². The van der Waals surface area contributed by atoms with E-state index in [0.29, 0.717) is 28.4 Å². The number of hydrogen-bond acceptors (Lipinski definition) is 5. The highest BCUT2D eigenvalue weighted by molar-refractivity contribution is 7.89. The number of halogens is 1. The van der Waals surface area contributed by atoms with Crippen molar-refractivity contribution in [3.05, 3.63) is 47.8 Å². The number of nitrogens with zero attached hydrogens (tertiary/aromatic N) is 4. The van der Waals surface area contributed by atoms with Gasteiger partial charge in [0.05, 0.1) is 34.5 Å². The Morgan fingerprint density at radius 3 is 2.71 bits per heavy atom. The fourth-order valence-corrected chi connectivity index (χ4v) is 2.67. The molecule has 0 bridgehead atoms. The van der Waals surface area contributed by atoms with Crippen molar-refractivity contribution in [2.45, 2.75) is 11.4 Å². The Labute approximate surface area is 125 Å². The molecular weight excluding hydrogens is 314 g/mol. The van der Waals surface area contributed by atoms with Gasteiger partial charge in [0.15, 0.2) is 0 Å². The van der Waals surface area contributed by atoms with Gasteiger partial charge in [-0.25, -0.2) is 28.5 Å². The summed E-state index contributed by atoms with van der Waals surface area (Å²) in [5.74, 6) is 0. The number of benzene rings is 1. The first kappa shape index (κ1) is 13.9. The van der Waals surface area contributed by atoms with Gasteiger partial charge < -0.3 is 4.57 Å². The van der Waals surface area contributed by atoms with Crippen LogP contribution in [-0.4, -0.2) is 27.9 Å². The van der Waals surface area contributed by atoms with Crippen LogP contribution in [0.1, 0.15) is 5.69 Å². The van der Waals surface area contributed by atoms with Gasteiger partial charge in [0, 0.05) is 0 Å². The van der Waals surface area contributed by atoms with Crippen molar-refractivity contribution < 1.29 is 8.42 Å². The Hall–Kier alpha value is -2.03. The van der Waals surface area contributed by atoms with Crippen LogP contribution in [0.2, 0.25) is 5.15 Å². The molecule has 0 spiro atoms. The highest BCUT2D eigenvalue weighted by atomic mass is 35.5. The number of hydrogen-bond donors (Lipinski definition) is 1. The fourth-order valence-electron chi connectivity index (χ4n) is 1.97. The van der Waals surface area contributed by atoms with Crippen LogP contribution in [0.15, 0.2) is 41.8 Å². The Morgan fingerprint density at radius 2 is 2.00 bits per heavy atom. The van der Waals surface area contributed by atoms with Gasteiger partial charge in [-0.15, -0.1) is 0 Å². The second-order valence-electron chi connectivity index (χ2n) is 4.40. The molecule has 2 N–H and O–H groups in total. The molecule has 3 rings (SSSR count). The SMILES string of the molecule is NS(=O)(=O)c1ccc2ncn(Cc3cc(Cl)ncn3)c2c1. The molecule has 0 atom stereocenters. The molecule has 0 amide bonds. The molecule has 0 saturated carbocycles. The lowest BCUT2D eigenvalue weighted by Gasteiger charge is -2.05. The number of imidazole rings is 1. The number of nitrogens with two attached hydrogens (primary N) is 1. The summed E-state index contributed by atoms with van der Waals surface area (Å²) in [6.45, 7) is 0.396. The number of aromatic nitrogens is 4. The minimum atomic E-state index is -3.76. The van der Waals surface area contributed by atoms with E-state index in [2.05, 4.69) is 15.0 Å². The summed E-state index contributed by atoms with van der Waals surface area (Å²) in [4.78, 5) is 12.2. The van der Waals surface area contributed by atoms with Gasteiger partial charge in [-0.2, -0.15) is 0 Å². The second kappa shape index (κ2) is 5.06. The molecule has 0 aliphatic rings. The molecule has 9 heteroatoms. The summed E-state index contributed by atoms with van der Waals surface area (Å²) in [6.07, 6.45) is 2.97. The van der Waals surface area contributed by atoms with E-state index >= 15 is 0 Å². The Bertz CT molecular complexity index is 922. The van der Waals surface area contributed by atoms with Crippen LogP contribution in [0.4, 0.5) is 0 Å². The van der Waals surface area contributed by atoms with Crippen molar-refractivity contribution in [3.63, 3.8) is 0 Å². The summed E-state index contributed by atoms with van der Waals surface area (Å²) in [6, 6.07) is 6.16. The highest BCUT2D eigenvalue weighted by Gasteiger charge is 2.11. The Morgan fingerprint density at radius 1 is 1.19 bits per heavy atom. The van der Waals surface area contributed by atoms with Crippen molar-refractivity contribution >= 4 is 32.7 Å². The first-order valence-electron chi connectivity index (χ1n) is 5.87. The molecule has 0 saturated heterocycles. The minimum Gasteiger partial charge on any atom is -0.324 e. The zero-order valence-corrected chi connectivity index (χ0v) is 12.2. The molecule has 0 radical (unpaired) electrons. The monoisotopic (exact) mass is 323 g/mol. The zero-order valence-electron chi connectivity index (χ0n) is 10.6. The maximum Gasteiger partial charge on any atom is 0.238 e. The van der Waals surface area contributed by atoms with Crippen molar-refractivity contribution in [1.29, 1.82) is 0 Å². The summed E-state index contributed by atoms with van der Waals surface area (Å²) >= 11 is 5.82. The zero-order chi connectivity index (χ0) is 15.0. The average molecular weight is 324 g/mol. The predicted octanol–water partition coefficient (Wildman–Crippen LogP) is 1.18. The van der Waals surface area contributed by atoms with Gasteiger partial charge in [-0.1, -0.05) is 11.6 Å². The van der Waals surface area contributed by atoms with E-state index in [1.165, 1.54) is 18.5 Å². The third kappa shape index (κ3) is 2.87. The van der Waals surface area contributed by atoms with Gasteiger partial charge in [0.25, 0.3) is 0 Å². The summed E-state index contributed by atoms with van der Waals surface area (Å²) in [7, 11) is -3.76. The standard InChI is InChI=1S/C12H10ClN5O2S/c13-12-3-8(15-6-16-12)5-18-7-17-10-2-1-9(4-11(10)18)21(14,19)20/h1-4,6-7H,5H2,(H2,14,19,20). The maximum absolute atomic E-state index is 11.4. The van der Waals surface area contributed by atoms with Gasteiger partial charge in [-0.05, 0) is 24.3 Å². The van der Waals surface area contributed by atoms with E-state index in [1.54, 1.807) is 23.0 Å². The third-order valence-corrected chi connectivity index (χ3v) is 4.06. The van der Waals surface area contributed by atoms with E-state index in [1.807, 2.05) is 0 Å². The van der Waals surface area contributed by atoms with E-state index < -0.39 is 10.0 Å². The van der Waals surface area contributed by atoms with Crippen LogP contribution in [0.25, 0.3) is 11.0 Å². The molecule has 2 heterocycles. The Kier molecular flexibility index (Phi) is 3.36. The summed E-state index contributed by atoms with van der Waals surface area (Å²) in [5, 5.41) is 5.49. The van der Waals surface area contributed by atoms with Crippen molar-refractivity contribution in [3.8, 4) is 0 Å². The first-order chi connectivity index (χ1) is 9.93. The number of fused-ring (bicyclic) bond motifs is 1. The molecule has 1 aromatic carbocycles. The lowest BCUT2D eigenvalue weighted by atomic mass is 10.3. The van der Waals surface area contributed by atoms with Crippen LogP contribution < -0.4 is 5.14 Å². The van der Waals surface area contributed by atoms with Gasteiger partial charge >= 0.3 is 0 Å². The lowest BCUT2D eigenvalue weighted by Crippen LogP contribution is -2.12. The first-order valence-corrected chi connectivity index (χ1v) is 7.80. The smallest absolute Gasteiger partial charge is 0.238 e. The normalized spacial score (nSPS) is 11.9. The van der Waals surface area contributed by atoms with E-state index in [9.17, 15) is 8.42 Å². The van der Waals surface area contributed by atoms with Crippen LogP contribution in [0.5, 0.6) is 0 Å². The minimum absolute atomic E-state index is 0.0393. The van der Waals surface area contributed by atoms with Gasteiger partial charge in [0.1, 0.15) is 11.5 Å². The van der Waals surface area contributed by atoms with E-state index in [4.69, 9.17) is 16.7 Å². The number of primary sulfonamides is 1. The van der Waals surface area contributed by atoms with E-state index in [0.717, 1.165) is 0 Å². The maximum atomic E-state index is 11.4. The van der Waals surface area contributed by atoms with Crippen molar-refractivity contribution in [1.82, 2.24) is 19.5 Å². The van der Waals surface area contributed by atoms with Gasteiger partial charge in [0.2, 0.25) is 10.0 Å². The molecule has 0 unspecified atom stereocenters. The van der Waals surface area contributed by atoms with Crippen molar-refractivity contribution in [2.24, 2.45) is 5.14 Å². The van der Waals surface area contributed by atoms with Crippen LogP contribution in [-0.2, 0) is 16.6 Å². The molecule has 21 heavy (non-hydrogen) atoms. The number of rotatable bonds is 3. The predicted molar refractivity (Wildman–Crippen MR) is 77.3 cm³/mol. The molecular formula is C12H10ClN5O2S. The topological polar surface area (TPSA) is 104 Å². The molecule has 0 aliphatic carbocycles. The van der Waals surface area contributed by atoms with Crippen LogP contribution in [0, 0.1) is 0 Å². The summed E-state index contributed by atoms with van der Waals surface area (Å²) in [5.41, 5.74) is 2.01. The highest BCUT2D eigenvalue weighted by Crippen LogP contribution is 2.18. The summed E-state index contributed by atoms with van der Waals surface area (Å²) < 4.78 is 24.6. The molecule has 3 aromatic rings. The molecule has 0 aliphatic heterocycles. The third-order valence-electron chi connectivity index (χ3n) is 2.94. The van der Waals surface area contributed by atoms with Gasteiger partial charge in [-0.3, -0.25) is 0 Å². The average Bonchev–Trinajstić information content (AvgIpc) is 2.80. The quantitative estimate of drug-likeness (QED) is 0.729. The molecule has 108 valence electrons. The molecule has 0 fully saturated rings. The van der Waals surface area contributed by atoms with Crippen molar-refractivity contribution in [2.75, 3.05) is 0 Å². The molecule has 2 aromatic heterocycles.